The van der Waals surface area contributed by atoms with Crippen LogP contribution in [0.4, 0.5) is 0 Å². The molecule has 0 spiro atoms. The van der Waals surface area contributed by atoms with Crippen LogP contribution in [0.1, 0.15) is 40.7 Å². The van der Waals surface area contributed by atoms with E-state index in [1.807, 2.05) is 6.07 Å². The number of carbonyl (C=O) groups is 1. The first kappa shape index (κ1) is 11.0. The van der Waals surface area contributed by atoms with E-state index in [2.05, 4.69) is 0 Å². The van der Waals surface area contributed by atoms with Gasteiger partial charge in [-0.3, -0.25) is 4.79 Å². The van der Waals surface area contributed by atoms with Crippen LogP contribution >= 0.6 is 0 Å². The van der Waals surface area contributed by atoms with Gasteiger partial charge in [-0.2, -0.15) is 0 Å². The molecule has 0 atom stereocenters. The van der Waals surface area contributed by atoms with Gasteiger partial charge >= 0.3 is 0 Å². The average Bonchev–Trinajstić information content (AvgIpc) is 2.52. The van der Waals surface area contributed by atoms with Crippen LogP contribution in [0.3, 0.4) is 0 Å². The van der Waals surface area contributed by atoms with Gasteiger partial charge in [-0.1, -0.05) is 12.5 Å². The molecule has 0 saturated carbocycles. The van der Waals surface area contributed by atoms with E-state index in [-0.39, 0.29) is 0 Å². The Morgan fingerprint density at radius 2 is 2.00 bits per heavy atom. The Hall–Kier alpha value is -1.51. The fourth-order valence-corrected chi connectivity index (χ4v) is 2.40. The molecule has 3 nitrogen and oxygen atoms in total. The Morgan fingerprint density at radius 3 is 2.69 bits per heavy atom. The molecule has 1 aliphatic carbocycles. The van der Waals surface area contributed by atoms with Gasteiger partial charge in [0.25, 0.3) is 5.91 Å². The van der Waals surface area contributed by atoms with Gasteiger partial charge < -0.3 is 10.5 Å². The summed E-state index contributed by atoms with van der Waals surface area (Å²) in [7, 11) is 1.60. The minimum Gasteiger partial charge on any atom is -0.496 e. The van der Waals surface area contributed by atoms with Crippen LogP contribution in [0, 0.1) is 0 Å². The molecule has 1 amide bonds. The summed E-state index contributed by atoms with van der Waals surface area (Å²) in [4.78, 5) is 11.3. The summed E-state index contributed by atoms with van der Waals surface area (Å²) >= 11 is 0. The van der Waals surface area contributed by atoms with Crippen LogP contribution in [-0.4, -0.2) is 13.0 Å². The normalized spacial score (nSPS) is 15.1. The average molecular weight is 219 g/mol. The van der Waals surface area contributed by atoms with Gasteiger partial charge in [0.05, 0.1) is 12.7 Å². The topological polar surface area (TPSA) is 52.3 Å². The first-order valence-electron chi connectivity index (χ1n) is 5.72. The fraction of sp³-hybridized carbons (Fsp3) is 0.462. The maximum absolute atomic E-state index is 11.3. The summed E-state index contributed by atoms with van der Waals surface area (Å²) in [6, 6.07) is 3.80. The summed E-state index contributed by atoms with van der Waals surface area (Å²) in [6.45, 7) is 0. The van der Waals surface area contributed by atoms with E-state index in [1.165, 1.54) is 24.0 Å². The Bertz CT molecular complexity index is 413. The third-order valence-electron chi connectivity index (χ3n) is 3.20. The summed E-state index contributed by atoms with van der Waals surface area (Å²) in [6.07, 6.45) is 5.67. The number of hydrogen-bond donors (Lipinski definition) is 1. The number of nitrogens with two attached hydrogens (primary N) is 1. The molecule has 16 heavy (non-hydrogen) atoms. The first-order chi connectivity index (χ1) is 7.74. The number of amides is 1. The molecular formula is C13H17NO2. The highest BCUT2D eigenvalue weighted by atomic mass is 16.5. The predicted molar refractivity (Wildman–Crippen MR) is 62.8 cm³/mol. The van der Waals surface area contributed by atoms with Crippen LogP contribution in [0.25, 0.3) is 0 Å². The van der Waals surface area contributed by atoms with Crippen molar-refractivity contribution < 1.29 is 9.53 Å². The standard InChI is InChI=1S/C13H17NO2/c1-16-12-10-6-4-2-3-5-9(10)7-8-11(12)13(14)15/h7-8H,2-6H2,1H3,(H2,14,15). The first-order valence-corrected chi connectivity index (χ1v) is 5.72. The molecule has 0 radical (unpaired) electrons. The number of hydrogen-bond acceptors (Lipinski definition) is 2. The zero-order chi connectivity index (χ0) is 11.5. The van der Waals surface area contributed by atoms with Crippen LogP contribution in [0.2, 0.25) is 0 Å². The molecule has 86 valence electrons. The van der Waals surface area contributed by atoms with Crippen molar-refractivity contribution in [2.45, 2.75) is 32.1 Å². The molecule has 0 saturated heterocycles. The number of aryl methyl sites for hydroxylation is 1. The van der Waals surface area contributed by atoms with E-state index >= 15 is 0 Å². The van der Waals surface area contributed by atoms with Gasteiger partial charge in [-0.25, -0.2) is 0 Å². The summed E-state index contributed by atoms with van der Waals surface area (Å²) in [5, 5.41) is 0. The number of rotatable bonds is 2. The van der Waals surface area contributed by atoms with Crippen molar-refractivity contribution in [3.63, 3.8) is 0 Å². The molecule has 2 rings (SSSR count). The Kier molecular flexibility index (Phi) is 3.13. The van der Waals surface area contributed by atoms with Gasteiger partial charge in [0.15, 0.2) is 0 Å². The highest BCUT2D eigenvalue weighted by Crippen LogP contribution is 2.31. The zero-order valence-electron chi connectivity index (χ0n) is 9.58. The van der Waals surface area contributed by atoms with E-state index in [0.717, 1.165) is 19.3 Å². The fourth-order valence-electron chi connectivity index (χ4n) is 2.40. The van der Waals surface area contributed by atoms with E-state index in [4.69, 9.17) is 10.5 Å². The van der Waals surface area contributed by atoms with Crippen molar-refractivity contribution in [3.8, 4) is 5.75 Å². The van der Waals surface area contributed by atoms with Gasteiger partial charge in [0, 0.05) is 0 Å². The zero-order valence-corrected chi connectivity index (χ0v) is 9.58. The molecule has 0 bridgehead atoms. The monoisotopic (exact) mass is 219 g/mol. The molecule has 0 heterocycles. The lowest BCUT2D eigenvalue weighted by Gasteiger charge is -2.14. The smallest absolute Gasteiger partial charge is 0.252 e. The Labute approximate surface area is 95.6 Å². The number of ether oxygens (including phenoxy) is 1. The predicted octanol–water partition coefficient (Wildman–Crippen LogP) is 2.06. The Morgan fingerprint density at radius 1 is 1.25 bits per heavy atom. The van der Waals surface area contributed by atoms with Gasteiger partial charge in [-0.15, -0.1) is 0 Å². The molecule has 0 aromatic heterocycles. The van der Waals surface area contributed by atoms with Crippen molar-refractivity contribution in [1.82, 2.24) is 0 Å². The largest absolute Gasteiger partial charge is 0.496 e. The van der Waals surface area contributed by atoms with E-state index < -0.39 is 5.91 Å². The van der Waals surface area contributed by atoms with Crippen LogP contribution in [0.15, 0.2) is 12.1 Å². The number of benzene rings is 1. The number of fused-ring (bicyclic) bond motifs is 1. The van der Waals surface area contributed by atoms with E-state index in [0.29, 0.717) is 11.3 Å². The van der Waals surface area contributed by atoms with E-state index in [9.17, 15) is 4.79 Å². The maximum Gasteiger partial charge on any atom is 0.252 e. The SMILES string of the molecule is COc1c(C(N)=O)ccc2c1CCCCC2. The molecule has 0 unspecified atom stereocenters. The van der Waals surface area contributed by atoms with Crippen molar-refractivity contribution in [2.24, 2.45) is 5.73 Å². The third kappa shape index (κ3) is 1.90. The minimum atomic E-state index is -0.413. The molecule has 1 aromatic carbocycles. The van der Waals surface area contributed by atoms with Gasteiger partial charge in [-0.05, 0) is 42.9 Å². The molecule has 0 fully saturated rings. The second kappa shape index (κ2) is 4.56. The maximum atomic E-state index is 11.3. The number of methoxy groups -OCH3 is 1. The lowest BCUT2D eigenvalue weighted by molar-refractivity contribution is 0.0997. The molecular weight excluding hydrogens is 202 g/mol. The van der Waals surface area contributed by atoms with Crippen LogP contribution in [-0.2, 0) is 12.8 Å². The lowest BCUT2D eigenvalue weighted by Crippen LogP contribution is -2.14. The highest BCUT2D eigenvalue weighted by Gasteiger charge is 2.18. The third-order valence-corrected chi connectivity index (χ3v) is 3.20. The quantitative estimate of drug-likeness (QED) is 0.774. The molecule has 2 N–H and O–H groups in total. The lowest BCUT2D eigenvalue weighted by atomic mass is 9.98. The van der Waals surface area contributed by atoms with Crippen molar-refractivity contribution in [1.29, 1.82) is 0 Å². The van der Waals surface area contributed by atoms with Crippen LogP contribution in [0.5, 0.6) is 5.75 Å². The van der Waals surface area contributed by atoms with Crippen molar-refractivity contribution in [2.75, 3.05) is 7.11 Å². The molecule has 0 aliphatic heterocycles. The van der Waals surface area contributed by atoms with E-state index in [1.54, 1.807) is 13.2 Å². The molecule has 1 aromatic rings. The highest BCUT2D eigenvalue weighted by molar-refractivity contribution is 5.96. The minimum absolute atomic E-state index is 0.413. The summed E-state index contributed by atoms with van der Waals surface area (Å²) in [5.74, 6) is 0.274. The second-order valence-corrected chi connectivity index (χ2v) is 4.21. The second-order valence-electron chi connectivity index (χ2n) is 4.21. The van der Waals surface area contributed by atoms with Gasteiger partial charge in [0.2, 0.25) is 0 Å². The number of carbonyl (C=O) groups excluding carboxylic acids is 1. The summed E-state index contributed by atoms with van der Waals surface area (Å²) in [5.41, 5.74) is 8.33. The Balaban J connectivity index is 2.54. The molecule has 3 heteroatoms. The summed E-state index contributed by atoms with van der Waals surface area (Å²) < 4.78 is 5.36. The molecule has 1 aliphatic rings. The van der Waals surface area contributed by atoms with Gasteiger partial charge in [0.1, 0.15) is 5.75 Å². The van der Waals surface area contributed by atoms with Crippen LogP contribution < -0.4 is 10.5 Å². The number of primary amides is 1. The van der Waals surface area contributed by atoms with Crippen molar-refractivity contribution >= 4 is 5.91 Å². The van der Waals surface area contributed by atoms with Crippen molar-refractivity contribution in [3.05, 3.63) is 28.8 Å².